The fourth-order valence-corrected chi connectivity index (χ4v) is 3.52. The number of non-ortho nitro benzene ring substituents is 1. The van der Waals surface area contributed by atoms with Gasteiger partial charge >= 0.3 is 6.09 Å². The van der Waals surface area contributed by atoms with Gasteiger partial charge in [0.25, 0.3) is 5.69 Å². The lowest BCUT2D eigenvalue weighted by Gasteiger charge is -2.09. The number of nitro benzene ring substituents is 1. The molecule has 2 rings (SSSR count). The third-order valence-corrected chi connectivity index (χ3v) is 5.88. The summed E-state index contributed by atoms with van der Waals surface area (Å²) in [6, 6.07) is 15.4. The van der Waals surface area contributed by atoms with Gasteiger partial charge in [0.2, 0.25) is 0 Å². The molecule has 0 heterocycles. The van der Waals surface area contributed by atoms with Gasteiger partial charge in [0.1, 0.15) is 19.0 Å². The molecule has 0 aliphatic heterocycles. The van der Waals surface area contributed by atoms with E-state index in [9.17, 15) is 14.9 Å². The molecule has 264 valence electrons. The van der Waals surface area contributed by atoms with Crippen molar-refractivity contribution in [3.8, 4) is 5.75 Å². The summed E-state index contributed by atoms with van der Waals surface area (Å²) in [6.07, 6.45) is -0.476. The van der Waals surface area contributed by atoms with Crippen LogP contribution in [-0.2, 0) is 49.2 Å². The average Bonchev–Trinajstić information content (AvgIpc) is 3.09. The van der Waals surface area contributed by atoms with Crippen molar-refractivity contribution in [1.29, 1.82) is 0 Å². The first-order chi connectivity index (χ1) is 23.1. The Morgan fingerprint density at radius 2 is 0.957 bits per heavy atom. The average molecular weight is 669 g/mol. The van der Waals surface area contributed by atoms with Crippen molar-refractivity contribution in [1.82, 2.24) is 5.32 Å². The molecule has 0 spiro atoms. The monoisotopic (exact) mass is 668 g/mol. The zero-order valence-electron chi connectivity index (χ0n) is 26.9. The quantitative estimate of drug-likeness (QED) is 0.0709. The minimum absolute atomic E-state index is 0.0219. The first kappa shape index (κ1) is 39.8. The van der Waals surface area contributed by atoms with E-state index >= 15 is 0 Å². The third-order valence-electron chi connectivity index (χ3n) is 5.88. The van der Waals surface area contributed by atoms with Gasteiger partial charge in [-0.1, -0.05) is 30.3 Å². The van der Waals surface area contributed by atoms with Crippen molar-refractivity contribution in [3.05, 3.63) is 70.3 Å². The van der Waals surface area contributed by atoms with Gasteiger partial charge in [0, 0.05) is 18.7 Å². The largest absolute Gasteiger partial charge is 0.491 e. The number of hydrogen-bond acceptors (Lipinski definition) is 13. The molecule has 2 aromatic carbocycles. The number of hydrogen-bond donors (Lipinski definition) is 1. The number of nitro groups is 1. The van der Waals surface area contributed by atoms with E-state index in [0.717, 1.165) is 5.56 Å². The van der Waals surface area contributed by atoms with E-state index in [-0.39, 0.29) is 12.3 Å². The van der Waals surface area contributed by atoms with E-state index in [2.05, 4.69) is 5.32 Å². The van der Waals surface area contributed by atoms with Crippen molar-refractivity contribution >= 4 is 11.8 Å². The van der Waals surface area contributed by atoms with Crippen LogP contribution >= 0.6 is 0 Å². The van der Waals surface area contributed by atoms with Crippen molar-refractivity contribution in [2.75, 3.05) is 119 Å². The highest BCUT2D eigenvalue weighted by atomic mass is 16.6. The highest BCUT2D eigenvalue weighted by molar-refractivity contribution is 5.67. The number of alkyl carbamates (subject to hydrolysis) is 1. The van der Waals surface area contributed by atoms with Gasteiger partial charge in [-0.15, -0.1) is 0 Å². The molecule has 0 aliphatic carbocycles. The normalized spacial score (nSPS) is 11.0. The van der Waals surface area contributed by atoms with E-state index in [0.29, 0.717) is 125 Å². The van der Waals surface area contributed by atoms with Gasteiger partial charge in [-0.05, 0) is 17.7 Å². The highest BCUT2D eigenvalue weighted by Crippen LogP contribution is 2.17. The number of amides is 1. The van der Waals surface area contributed by atoms with Crippen LogP contribution in [0.1, 0.15) is 5.56 Å². The Morgan fingerprint density at radius 3 is 1.38 bits per heavy atom. The number of ether oxygens (including phenoxy) is 10. The maximum atomic E-state index is 11.6. The molecule has 0 fully saturated rings. The Kier molecular flexibility index (Phi) is 24.4. The molecular weight excluding hydrogens is 620 g/mol. The summed E-state index contributed by atoms with van der Waals surface area (Å²) in [4.78, 5) is 21.8. The summed E-state index contributed by atoms with van der Waals surface area (Å²) in [6.45, 7) is 8.07. The van der Waals surface area contributed by atoms with Gasteiger partial charge in [-0.2, -0.15) is 0 Å². The summed E-state index contributed by atoms with van der Waals surface area (Å²) in [5.74, 6) is 0.552. The second-order valence-corrected chi connectivity index (χ2v) is 9.49. The van der Waals surface area contributed by atoms with E-state index in [1.807, 2.05) is 30.3 Å². The molecule has 0 atom stereocenters. The lowest BCUT2D eigenvalue weighted by atomic mass is 10.2. The highest BCUT2D eigenvalue weighted by Gasteiger charge is 2.04. The van der Waals surface area contributed by atoms with Gasteiger partial charge < -0.3 is 52.7 Å². The van der Waals surface area contributed by atoms with E-state index in [1.54, 1.807) is 12.1 Å². The Bertz CT molecular complexity index is 1030. The summed E-state index contributed by atoms with van der Waals surface area (Å²) >= 11 is 0. The molecule has 1 N–H and O–H groups in total. The number of nitrogens with one attached hydrogen (secondary N) is 1. The summed E-state index contributed by atoms with van der Waals surface area (Å²) in [5, 5.41) is 13.3. The number of carbonyl (C=O) groups is 1. The molecule has 15 heteroatoms. The van der Waals surface area contributed by atoms with Gasteiger partial charge in [-0.3, -0.25) is 10.1 Å². The molecule has 0 aliphatic rings. The topological polar surface area (TPSA) is 165 Å². The first-order valence-electron chi connectivity index (χ1n) is 15.6. The fraction of sp³-hybridized carbons (Fsp3) is 0.594. The smallest absolute Gasteiger partial charge is 0.407 e. The second kappa shape index (κ2) is 28.8. The first-order valence-corrected chi connectivity index (χ1v) is 15.6. The number of nitrogens with zero attached hydrogens (tertiary/aromatic N) is 1. The maximum absolute atomic E-state index is 11.6. The van der Waals surface area contributed by atoms with Gasteiger partial charge in [-0.25, -0.2) is 4.79 Å². The molecule has 0 unspecified atom stereocenters. The predicted molar refractivity (Wildman–Crippen MR) is 170 cm³/mol. The lowest BCUT2D eigenvalue weighted by Crippen LogP contribution is -2.28. The Morgan fingerprint density at radius 1 is 0.553 bits per heavy atom. The van der Waals surface area contributed by atoms with Gasteiger partial charge in [0.15, 0.2) is 0 Å². The Labute approximate surface area is 275 Å². The maximum Gasteiger partial charge on any atom is 0.407 e. The molecule has 0 saturated heterocycles. The Hall–Kier alpha value is -3.41. The molecule has 0 saturated carbocycles. The number of benzene rings is 2. The second-order valence-electron chi connectivity index (χ2n) is 9.49. The SMILES string of the molecule is O=C(NCCOCCOCCOCCOCCOCCOCCOCCOCCOc1ccc([N+](=O)[O-])cc1)OCc1ccccc1. The van der Waals surface area contributed by atoms with Crippen LogP contribution in [0.5, 0.6) is 5.75 Å². The molecule has 1 amide bonds. The van der Waals surface area contributed by atoms with Gasteiger partial charge in [0.05, 0.1) is 111 Å². The summed E-state index contributed by atoms with van der Waals surface area (Å²) < 4.78 is 54.1. The standard InChI is InChI=1S/C32H48N2O13/c35-32(47-28-29-4-2-1-3-5-29)33-10-11-38-12-13-39-14-15-40-16-17-41-18-19-42-20-21-43-22-23-44-24-25-45-26-27-46-31-8-6-30(7-9-31)34(36)37/h1-9H,10-28H2,(H,33,35). The Balaban J connectivity index is 1.18. The van der Waals surface area contributed by atoms with E-state index in [4.69, 9.17) is 47.4 Å². The zero-order chi connectivity index (χ0) is 33.5. The molecule has 0 radical (unpaired) electrons. The minimum atomic E-state index is -0.476. The molecule has 0 bridgehead atoms. The molecule has 0 aromatic heterocycles. The number of rotatable bonds is 31. The minimum Gasteiger partial charge on any atom is -0.491 e. The third kappa shape index (κ3) is 23.5. The molecule has 47 heavy (non-hydrogen) atoms. The van der Waals surface area contributed by atoms with Crippen LogP contribution < -0.4 is 10.1 Å². The van der Waals surface area contributed by atoms with Crippen LogP contribution in [0, 0.1) is 10.1 Å². The predicted octanol–water partition coefficient (Wildman–Crippen LogP) is 3.03. The van der Waals surface area contributed by atoms with Crippen LogP contribution in [0.25, 0.3) is 0 Å². The van der Waals surface area contributed by atoms with Crippen LogP contribution in [0.3, 0.4) is 0 Å². The molecular formula is C32H48N2O13. The molecule has 15 nitrogen and oxygen atoms in total. The lowest BCUT2D eigenvalue weighted by molar-refractivity contribution is -0.384. The van der Waals surface area contributed by atoms with Crippen molar-refractivity contribution in [2.45, 2.75) is 6.61 Å². The van der Waals surface area contributed by atoms with E-state index in [1.165, 1.54) is 12.1 Å². The zero-order valence-corrected chi connectivity index (χ0v) is 26.9. The summed E-state index contributed by atoms with van der Waals surface area (Å²) in [7, 11) is 0. The fourth-order valence-electron chi connectivity index (χ4n) is 3.52. The van der Waals surface area contributed by atoms with Crippen LogP contribution in [0.2, 0.25) is 0 Å². The van der Waals surface area contributed by atoms with Crippen LogP contribution in [0.15, 0.2) is 54.6 Å². The van der Waals surface area contributed by atoms with Crippen molar-refractivity contribution in [3.63, 3.8) is 0 Å². The van der Waals surface area contributed by atoms with Crippen molar-refractivity contribution in [2.24, 2.45) is 0 Å². The number of carbonyl (C=O) groups excluding carboxylic acids is 1. The van der Waals surface area contributed by atoms with Crippen molar-refractivity contribution < 1.29 is 57.1 Å². The summed E-state index contributed by atoms with van der Waals surface area (Å²) in [5.41, 5.74) is 0.954. The van der Waals surface area contributed by atoms with E-state index < -0.39 is 11.0 Å². The van der Waals surface area contributed by atoms with Crippen LogP contribution in [-0.4, -0.2) is 130 Å². The van der Waals surface area contributed by atoms with Crippen LogP contribution in [0.4, 0.5) is 10.5 Å². The molecule has 2 aromatic rings.